The van der Waals surface area contributed by atoms with Gasteiger partial charge in [-0.1, -0.05) is 56.6 Å². The Kier molecular flexibility index (Phi) is 5.11. The zero-order valence-electron chi connectivity index (χ0n) is 11.1. The van der Waals surface area contributed by atoms with Gasteiger partial charge in [0.2, 0.25) is 0 Å². The van der Waals surface area contributed by atoms with Crippen LogP contribution in [-0.2, 0) is 0 Å². The summed E-state index contributed by atoms with van der Waals surface area (Å²) in [6, 6.07) is 5.98. The van der Waals surface area contributed by atoms with E-state index in [9.17, 15) is 0 Å². The molecule has 0 unspecified atom stereocenters. The van der Waals surface area contributed by atoms with Crippen molar-refractivity contribution in [1.82, 2.24) is 0 Å². The van der Waals surface area contributed by atoms with E-state index in [4.69, 9.17) is 0 Å². The van der Waals surface area contributed by atoms with E-state index in [0.717, 1.165) is 5.92 Å². The molecule has 0 atom stereocenters. The number of hydrogen-bond acceptors (Lipinski definition) is 0. The number of rotatable bonds is 7. The summed E-state index contributed by atoms with van der Waals surface area (Å²) < 4.78 is 0. The van der Waals surface area contributed by atoms with Crippen molar-refractivity contribution < 1.29 is 0 Å². The fourth-order valence-corrected chi connectivity index (χ4v) is 5.91. The van der Waals surface area contributed by atoms with Crippen molar-refractivity contribution in [2.75, 3.05) is 0 Å². The standard InChI is InChI=1S/C14H28Si/c1-5-15(6-2,7-3)12-8-9-13(4)14-10-11-14/h9,14H,5-8,10-12H2,1-4H3/b13-9-. The molecule has 0 aromatic carbocycles. The van der Waals surface area contributed by atoms with Gasteiger partial charge in [-0.2, -0.15) is 0 Å². The van der Waals surface area contributed by atoms with Gasteiger partial charge in [0.25, 0.3) is 0 Å². The van der Waals surface area contributed by atoms with Crippen LogP contribution in [0.3, 0.4) is 0 Å². The highest BCUT2D eigenvalue weighted by molar-refractivity contribution is 6.79. The number of allylic oxidation sites excluding steroid dienone is 2. The van der Waals surface area contributed by atoms with Gasteiger partial charge in [0, 0.05) is 0 Å². The summed E-state index contributed by atoms with van der Waals surface area (Å²) in [5.74, 6) is 0.978. The van der Waals surface area contributed by atoms with E-state index < -0.39 is 8.07 Å². The Morgan fingerprint density at radius 2 is 1.67 bits per heavy atom. The first kappa shape index (κ1) is 13.0. The van der Waals surface area contributed by atoms with Crippen LogP contribution in [0.2, 0.25) is 24.2 Å². The second kappa shape index (κ2) is 5.88. The van der Waals surface area contributed by atoms with Crippen LogP contribution in [0.25, 0.3) is 0 Å². The fourth-order valence-electron chi connectivity index (χ4n) is 2.59. The van der Waals surface area contributed by atoms with Gasteiger partial charge in [-0.3, -0.25) is 0 Å². The maximum Gasteiger partial charge on any atom is 0.0530 e. The maximum absolute atomic E-state index is 2.54. The van der Waals surface area contributed by atoms with E-state index in [2.05, 4.69) is 33.8 Å². The second-order valence-corrected chi connectivity index (χ2v) is 10.9. The molecule has 1 aliphatic rings. The Hall–Kier alpha value is -0.0431. The smallest absolute Gasteiger partial charge is 0.0530 e. The van der Waals surface area contributed by atoms with Gasteiger partial charge in [-0.25, -0.2) is 0 Å². The van der Waals surface area contributed by atoms with Gasteiger partial charge in [0.15, 0.2) is 0 Å². The first-order valence-corrected chi connectivity index (χ1v) is 9.67. The van der Waals surface area contributed by atoms with Gasteiger partial charge < -0.3 is 0 Å². The van der Waals surface area contributed by atoms with Crippen molar-refractivity contribution in [2.45, 2.75) is 71.1 Å². The highest BCUT2D eigenvalue weighted by Gasteiger charge is 2.26. The Labute approximate surface area is 97.2 Å². The quantitative estimate of drug-likeness (QED) is 0.410. The molecular formula is C14H28Si. The molecule has 1 aliphatic carbocycles. The molecule has 1 rings (SSSR count). The Bertz CT molecular complexity index is 201. The van der Waals surface area contributed by atoms with Gasteiger partial charge >= 0.3 is 0 Å². The predicted octanol–water partition coefficient (Wildman–Crippen LogP) is 5.24. The van der Waals surface area contributed by atoms with Crippen LogP contribution in [-0.4, -0.2) is 8.07 Å². The average Bonchev–Trinajstić information content (AvgIpc) is 3.08. The van der Waals surface area contributed by atoms with Gasteiger partial charge in [-0.05, 0) is 32.1 Å². The Balaban J connectivity index is 2.35. The van der Waals surface area contributed by atoms with Crippen molar-refractivity contribution in [3.8, 4) is 0 Å². The highest BCUT2D eigenvalue weighted by atomic mass is 28.3. The van der Waals surface area contributed by atoms with Gasteiger partial charge in [-0.15, -0.1) is 0 Å². The SMILES string of the molecule is CC[Si](CC)(CC)CC/C=C(/C)C1CC1. The normalized spacial score (nSPS) is 18.3. The van der Waals surface area contributed by atoms with Crippen LogP contribution in [0.15, 0.2) is 11.6 Å². The highest BCUT2D eigenvalue weighted by Crippen LogP contribution is 2.36. The molecule has 0 bridgehead atoms. The van der Waals surface area contributed by atoms with Crippen molar-refractivity contribution in [1.29, 1.82) is 0 Å². The minimum Gasteiger partial charge on any atom is -0.0856 e. The van der Waals surface area contributed by atoms with Crippen LogP contribution < -0.4 is 0 Å². The van der Waals surface area contributed by atoms with E-state index in [1.165, 1.54) is 43.4 Å². The van der Waals surface area contributed by atoms with E-state index in [1.807, 2.05) is 0 Å². The molecule has 1 fully saturated rings. The predicted molar refractivity (Wildman–Crippen MR) is 73.1 cm³/mol. The molecule has 0 spiro atoms. The van der Waals surface area contributed by atoms with Gasteiger partial charge in [0.1, 0.15) is 0 Å². The van der Waals surface area contributed by atoms with E-state index >= 15 is 0 Å². The number of hydrogen-bond donors (Lipinski definition) is 0. The summed E-state index contributed by atoms with van der Waals surface area (Å²) in [6.07, 6.45) is 6.82. The maximum atomic E-state index is 2.54. The lowest BCUT2D eigenvalue weighted by atomic mass is 10.2. The monoisotopic (exact) mass is 224 g/mol. The third kappa shape index (κ3) is 3.79. The average molecular weight is 224 g/mol. The second-order valence-electron chi connectivity index (χ2n) is 5.32. The minimum atomic E-state index is -0.843. The third-order valence-corrected chi connectivity index (χ3v) is 10.5. The van der Waals surface area contributed by atoms with Crippen LogP contribution in [0.5, 0.6) is 0 Å². The molecule has 88 valence electrons. The topological polar surface area (TPSA) is 0 Å². The largest absolute Gasteiger partial charge is 0.0856 e. The fraction of sp³-hybridized carbons (Fsp3) is 0.857. The first-order valence-electron chi connectivity index (χ1n) is 6.84. The summed E-state index contributed by atoms with van der Waals surface area (Å²) in [7, 11) is -0.843. The molecule has 0 N–H and O–H groups in total. The summed E-state index contributed by atoms with van der Waals surface area (Å²) in [5.41, 5.74) is 1.68. The molecule has 0 nitrogen and oxygen atoms in total. The van der Waals surface area contributed by atoms with Crippen molar-refractivity contribution in [3.05, 3.63) is 11.6 Å². The molecule has 0 amide bonds. The van der Waals surface area contributed by atoms with E-state index in [0.29, 0.717) is 0 Å². The molecule has 0 heterocycles. The molecule has 1 heteroatoms. The lowest BCUT2D eigenvalue weighted by Gasteiger charge is -2.27. The molecule has 0 aliphatic heterocycles. The van der Waals surface area contributed by atoms with Crippen LogP contribution in [0, 0.1) is 5.92 Å². The molecule has 0 aromatic rings. The minimum absolute atomic E-state index is 0.843. The van der Waals surface area contributed by atoms with Crippen molar-refractivity contribution in [2.24, 2.45) is 5.92 Å². The summed E-state index contributed by atoms with van der Waals surface area (Å²) in [4.78, 5) is 0. The Morgan fingerprint density at radius 3 is 2.07 bits per heavy atom. The van der Waals surface area contributed by atoms with Crippen LogP contribution >= 0.6 is 0 Å². The van der Waals surface area contributed by atoms with Gasteiger partial charge in [0.05, 0.1) is 8.07 Å². The zero-order valence-corrected chi connectivity index (χ0v) is 12.1. The van der Waals surface area contributed by atoms with Crippen molar-refractivity contribution >= 4 is 8.07 Å². The zero-order chi connectivity index (χ0) is 11.3. The van der Waals surface area contributed by atoms with Crippen LogP contribution in [0.1, 0.15) is 47.0 Å². The molecule has 0 radical (unpaired) electrons. The van der Waals surface area contributed by atoms with E-state index in [-0.39, 0.29) is 0 Å². The van der Waals surface area contributed by atoms with Crippen LogP contribution in [0.4, 0.5) is 0 Å². The lowest BCUT2D eigenvalue weighted by molar-refractivity contribution is 0.966. The first-order chi connectivity index (χ1) is 7.17. The molecule has 0 saturated heterocycles. The van der Waals surface area contributed by atoms with E-state index in [1.54, 1.807) is 5.57 Å². The lowest BCUT2D eigenvalue weighted by Crippen LogP contribution is -2.30. The summed E-state index contributed by atoms with van der Waals surface area (Å²) >= 11 is 0. The molecule has 15 heavy (non-hydrogen) atoms. The molecular weight excluding hydrogens is 196 g/mol. The summed E-state index contributed by atoms with van der Waals surface area (Å²) in [5, 5.41) is 0. The Morgan fingerprint density at radius 1 is 1.13 bits per heavy atom. The van der Waals surface area contributed by atoms with Crippen molar-refractivity contribution in [3.63, 3.8) is 0 Å². The molecule has 1 saturated carbocycles. The third-order valence-electron chi connectivity index (χ3n) is 4.61. The molecule has 0 aromatic heterocycles. The summed E-state index contributed by atoms with van der Waals surface area (Å²) in [6.45, 7) is 9.58.